The van der Waals surface area contributed by atoms with Gasteiger partial charge in [0.2, 0.25) is 0 Å². The molecule has 17 heavy (non-hydrogen) atoms. The first-order valence-electron chi connectivity index (χ1n) is 5.84. The highest BCUT2D eigenvalue weighted by molar-refractivity contribution is 5.23. The summed E-state index contributed by atoms with van der Waals surface area (Å²) >= 11 is 0. The lowest BCUT2D eigenvalue weighted by Crippen LogP contribution is -2.13. The van der Waals surface area contributed by atoms with Gasteiger partial charge in [0.05, 0.1) is 12.3 Å². The number of aryl methyl sites for hydroxylation is 2. The summed E-state index contributed by atoms with van der Waals surface area (Å²) in [7, 11) is 1.89. The van der Waals surface area contributed by atoms with Gasteiger partial charge < -0.3 is 5.11 Å². The van der Waals surface area contributed by atoms with Crippen LogP contribution in [0.15, 0.2) is 36.7 Å². The van der Waals surface area contributed by atoms with E-state index in [2.05, 4.69) is 30.2 Å². The topological polar surface area (TPSA) is 38.1 Å². The van der Waals surface area contributed by atoms with Crippen molar-refractivity contribution in [3.63, 3.8) is 0 Å². The van der Waals surface area contributed by atoms with Crippen LogP contribution in [-0.2, 0) is 19.9 Å². The third kappa shape index (κ3) is 3.43. The molecule has 1 heterocycles. The fourth-order valence-electron chi connectivity index (χ4n) is 2.03. The summed E-state index contributed by atoms with van der Waals surface area (Å²) in [5.41, 5.74) is 3.49. The molecule has 1 aromatic heterocycles. The molecule has 0 aliphatic heterocycles. The van der Waals surface area contributed by atoms with Crippen LogP contribution in [0, 0.1) is 6.92 Å². The van der Waals surface area contributed by atoms with Gasteiger partial charge in [0.25, 0.3) is 0 Å². The molecular formula is C14H18N2O. The lowest BCUT2D eigenvalue weighted by molar-refractivity contribution is 0.175. The molecule has 1 atom stereocenters. The minimum Gasteiger partial charge on any atom is -0.392 e. The van der Waals surface area contributed by atoms with Gasteiger partial charge in [0.1, 0.15) is 0 Å². The maximum Gasteiger partial charge on any atom is 0.0622 e. The Balaban J connectivity index is 1.95. The average Bonchev–Trinajstić information content (AvgIpc) is 2.63. The molecule has 0 radical (unpaired) electrons. The van der Waals surface area contributed by atoms with E-state index in [1.165, 1.54) is 11.1 Å². The zero-order valence-electron chi connectivity index (χ0n) is 10.3. The first-order valence-corrected chi connectivity index (χ1v) is 5.84. The van der Waals surface area contributed by atoms with Crippen molar-refractivity contribution in [3.8, 4) is 0 Å². The number of aliphatic hydroxyl groups is 1. The molecule has 2 rings (SSSR count). The Bertz CT molecular complexity index is 490. The Kier molecular flexibility index (Phi) is 3.59. The van der Waals surface area contributed by atoms with Gasteiger partial charge in [-0.25, -0.2) is 0 Å². The standard InChI is InChI=1S/C14H18N2O/c1-11-4-3-5-12(6-11)7-14(17)8-13-9-15-16(2)10-13/h3-6,9-10,14,17H,7-8H2,1-2H3. The van der Waals surface area contributed by atoms with Crippen LogP contribution in [0.5, 0.6) is 0 Å². The van der Waals surface area contributed by atoms with E-state index in [1.54, 1.807) is 10.9 Å². The lowest BCUT2D eigenvalue weighted by atomic mass is 10.0. The Hall–Kier alpha value is -1.61. The third-order valence-electron chi connectivity index (χ3n) is 2.78. The van der Waals surface area contributed by atoms with Gasteiger partial charge in [-0.3, -0.25) is 4.68 Å². The number of hydrogen-bond donors (Lipinski definition) is 1. The van der Waals surface area contributed by atoms with E-state index in [4.69, 9.17) is 0 Å². The van der Waals surface area contributed by atoms with E-state index < -0.39 is 0 Å². The van der Waals surface area contributed by atoms with Crippen LogP contribution in [-0.4, -0.2) is 21.0 Å². The fourth-order valence-corrected chi connectivity index (χ4v) is 2.03. The SMILES string of the molecule is Cc1cccc(CC(O)Cc2cnn(C)c2)c1. The summed E-state index contributed by atoms with van der Waals surface area (Å²) in [4.78, 5) is 0. The van der Waals surface area contributed by atoms with Crippen LogP contribution >= 0.6 is 0 Å². The van der Waals surface area contributed by atoms with Crippen molar-refractivity contribution in [2.24, 2.45) is 7.05 Å². The average molecular weight is 230 g/mol. The first kappa shape index (κ1) is 11.9. The highest BCUT2D eigenvalue weighted by Gasteiger charge is 2.08. The van der Waals surface area contributed by atoms with Gasteiger partial charge in [-0.05, 0) is 24.5 Å². The minimum atomic E-state index is -0.346. The fraction of sp³-hybridized carbons (Fsp3) is 0.357. The second-order valence-electron chi connectivity index (χ2n) is 4.57. The molecule has 3 nitrogen and oxygen atoms in total. The van der Waals surface area contributed by atoms with Crippen LogP contribution in [0.4, 0.5) is 0 Å². The zero-order valence-corrected chi connectivity index (χ0v) is 10.3. The number of aliphatic hydroxyl groups excluding tert-OH is 1. The number of benzene rings is 1. The van der Waals surface area contributed by atoms with Crippen LogP contribution < -0.4 is 0 Å². The first-order chi connectivity index (χ1) is 8.13. The van der Waals surface area contributed by atoms with Crippen LogP contribution in [0.25, 0.3) is 0 Å². The summed E-state index contributed by atoms with van der Waals surface area (Å²) in [5.74, 6) is 0. The Morgan fingerprint density at radius 2 is 2.06 bits per heavy atom. The third-order valence-corrected chi connectivity index (χ3v) is 2.78. The monoisotopic (exact) mass is 230 g/mol. The molecule has 0 saturated heterocycles. The molecule has 0 spiro atoms. The number of nitrogens with zero attached hydrogens (tertiary/aromatic N) is 2. The maximum absolute atomic E-state index is 10.0. The van der Waals surface area contributed by atoms with E-state index in [0.717, 1.165) is 5.56 Å². The van der Waals surface area contributed by atoms with Crippen molar-refractivity contribution in [2.45, 2.75) is 25.9 Å². The normalized spacial score (nSPS) is 12.6. The van der Waals surface area contributed by atoms with Crippen LogP contribution in [0.3, 0.4) is 0 Å². The van der Waals surface area contributed by atoms with Crippen molar-refractivity contribution >= 4 is 0 Å². The molecule has 1 aromatic carbocycles. The van der Waals surface area contributed by atoms with E-state index in [9.17, 15) is 5.11 Å². The maximum atomic E-state index is 10.0. The predicted molar refractivity (Wildman–Crippen MR) is 67.8 cm³/mol. The summed E-state index contributed by atoms with van der Waals surface area (Å²) in [5, 5.41) is 14.1. The van der Waals surface area contributed by atoms with E-state index in [-0.39, 0.29) is 6.10 Å². The Morgan fingerprint density at radius 1 is 1.29 bits per heavy atom. The van der Waals surface area contributed by atoms with Crippen molar-refractivity contribution in [1.29, 1.82) is 0 Å². The van der Waals surface area contributed by atoms with Crippen molar-refractivity contribution in [3.05, 3.63) is 53.3 Å². The van der Waals surface area contributed by atoms with E-state index >= 15 is 0 Å². The highest BCUT2D eigenvalue weighted by Crippen LogP contribution is 2.10. The molecule has 0 amide bonds. The van der Waals surface area contributed by atoms with Crippen LogP contribution in [0.2, 0.25) is 0 Å². The van der Waals surface area contributed by atoms with Crippen molar-refractivity contribution in [1.82, 2.24) is 9.78 Å². The molecule has 0 aliphatic carbocycles. The van der Waals surface area contributed by atoms with Crippen molar-refractivity contribution in [2.75, 3.05) is 0 Å². The Morgan fingerprint density at radius 3 is 2.71 bits per heavy atom. The molecule has 0 bridgehead atoms. The molecule has 2 aromatic rings. The van der Waals surface area contributed by atoms with Gasteiger partial charge in [-0.15, -0.1) is 0 Å². The predicted octanol–water partition coefficient (Wildman–Crippen LogP) is 1.87. The molecule has 0 aliphatic rings. The molecule has 1 N–H and O–H groups in total. The molecule has 1 unspecified atom stereocenters. The zero-order chi connectivity index (χ0) is 12.3. The largest absolute Gasteiger partial charge is 0.392 e. The minimum absolute atomic E-state index is 0.346. The quantitative estimate of drug-likeness (QED) is 0.870. The summed E-state index contributed by atoms with van der Waals surface area (Å²) < 4.78 is 1.76. The number of aromatic nitrogens is 2. The number of rotatable bonds is 4. The molecule has 0 saturated carbocycles. The number of hydrogen-bond acceptors (Lipinski definition) is 2. The van der Waals surface area contributed by atoms with Gasteiger partial charge in [-0.1, -0.05) is 29.8 Å². The Labute approximate surface area is 102 Å². The lowest BCUT2D eigenvalue weighted by Gasteiger charge is -2.09. The van der Waals surface area contributed by atoms with E-state index in [0.29, 0.717) is 12.8 Å². The highest BCUT2D eigenvalue weighted by atomic mass is 16.3. The second-order valence-corrected chi connectivity index (χ2v) is 4.57. The van der Waals surface area contributed by atoms with Crippen LogP contribution in [0.1, 0.15) is 16.7 Å². The van der Waals surface area contributed by atoms with Gasteiger partial charge in [0, 0.05) is 19.7 Å². The molecular weight excluding hydrogens is 212 g/mol. The van der Waals surface area contributed by atoms with E-state index in [1.807, 2.05) is 19.3 Å². The second kappa shape index (κ2) is 5.15. The van der Waals surface area contributed by atoms with Crippen molar-refractivity contribution < 1.29 is 5.11 Å². The van der Waals surface area contributed by atoms with Gasteiger partial charge in [0.15, 0.2) is 0 Å². The summed E-state index contributed by atoms with van der Waals surface area (Å²) in [6, 6.07) is 8.27. The smallest absolute Gasteiger partial charge is 0.0622 e. The summed E-state index contributed by atoms with van der Waals surface area (Å²) in [6.07, 6.45) is 4.75. The molecule has 0 fully saturated rings. The van der Waals surface area contributed by atoms with Gasteiger partial charge in [-0.2, -0.15) is 5.10 Å². The molecule has 90 valence electrons. The van der Waals surface area contributed by atoms with Gasteiger partial charge >= 0.3 is 0 Å². The molecule has 3 heteroatoms. The summed E-state index contributed by atoms with van der Waals surface area (Å²) in [6.45, 7) is 2.07.